The molecule has 0 radical (unpaired) electrons. The Bertz CT molecular complexity index is 563. The van der Waals surface area contributed by atoms with Crippen molar-refractivity contribution in [3.05, 3.63) is 53.1 Å². The molecule has 2 aromatic rings. The number of hydrogen-bond donors (Lipinski definition) is 1. The SMILES string of the molecule is CC(C=O)c1cccc(N)c1-c1ccc(Cl)cc1. The summed E-state index contributed by atoms with van der Waals surface area (Å²) in [6.07, 6.45) is 0.925. The van der Waals surface area contributed by atoms with Crippen LogP contribution in [0.25, 0.3) is 11.1 Å². The molecule has 0 aliphatic rings. The van der Waals surface area contributed by atoms with Gasteiger partial charge in [-0.15, -0.1) is 0 Å². The molecule has 0 bridgehead atoms. The van der Waals surface area contributed by atoms with Crippen LogP contribution in [-0.2, 0) is 4.79 Å². The molecule has 0 amide bonds. The van der Waals surface area contributed by atoms with E-state index in [-0.39, 0.29) is 5.92 Å². The van der Waals surface area contributed by atoms with E-state index < -0.39 is 0 Å². The minimum absolute atomic E-state index is 0.181. The van der Waals surface area contributed by atoms with Crippen LogP contribution >= 0.6 is 11.6 Å². The zero-order chi connectivity index (χ0) is 13.1. The Morgan fingerprint density at radius 2 is 1.83 bits per heavy atom. The maximum Gasteiger partial charge on any atom is 0.127 e. The number of anilines is 1. The Morgan fingerprint density at radius 1 is 1.17 bits per heavy atom. The van der Waals surface area contributed by atoms with E-state index in [9.17, 15) is 4.79 Å². The molecule has 0 fully saturated rings. The van der Waals surface area contributed by atoms with Crippen molar-refractivity contribution in [3.63, 3.8) is 0 Å². The van der Waals surface area contributed by atoms with Gasteiger partial charge in [0.1, 0.15) is 6.29 Å². The molecular weight excluding hydrogens is 246 g/mol. The van der Waals surface area contributed by atoms with Crippen LogP contribution in [0.5, 0.6) is 0 Å². The lowest BCUT2D eigenvalue weighted by Crippen LogP contribution is -2.01. The Kier molecular flexibility index (Phi) is 3.68. The molecule has 0 spiro atoms. The van der Waals surface area contributed by atoms with Crippen LogP contribution in [-0.4, -0.2) is 6.29 Å². The highest BCUT2D eigenvalue weighted by molar-refractivity contribution is 6.30. The van der Waals surface area contributed by atoms with Crippen molar-refractivity contribution in [1.82, 2.24) is 0 Å². The summed E-state index contributed by atoms with van der Waals surface area (Å²) < 4.78 is 0. The predicted octanol–water partition coefficient (Wildman–Crippen LogP) is 3.89. The second kappa shape index (κ2) is 5.23. The van der Waals surface area contributed by atoms with Gasteiger partial charge in [0.25, 0.3) is 0 Å². The second-order valence-electron chi connectivity index (χ2n) is 4.24. The first-order valence-electron chi connectivity index (χ1n) is 5.73. The van der Waals surface area contributed by atoms with E-state index in [0.717, 1.165) is 23.0 Å². The molecule has 18 heavy (non-hydrogen) atoms. The molecule has 0 heterocycles. The summed E-state index contributed by atoms with van der Waals surface area (Å²) in [5.41, 5.74) is 9.53. The van der Waals surface area contributed by atoms with Crippen molar-refractivity contribution in [2.45, 2.75) is 12.8 Å². The summed E-state index contributed by atoms with van der Waals surface area (Å²) in [6, 6.07) is 13.1. The number of carbonyl (C=O) groups is 1. The number of nitrogens with two attached hydrogens (primary N) is 1. The van der Waals surface area contributed by atoms with Gasteiger partial charge in [0.05, 0.1) is 0 Å². The summed E-state index contributed by atoms with van der Waals surface area (Å²) in [7, 11) is 0. The van der Waals surface area contributed by atoms with Crippen LogP contribution in [0.4, 0.5) is 5.69 Å². The zero-order valence-corrected chi connectivity index (χ0v) is 10.8. The van der Waals surface area contributed by atoms with Crippen LogP contribution in [0.3, 0.4) is 0 Å². The van der Waals surface area contributed by atoms with Gasteiger partial charge in [0, 0.05) is 22.2 Å². The summed E-state index contributed by atoms with van der Waals surface area (Å²) >= 11 is 5.88. The molecule has 0 aliphatic carbocycles. The lowest BCUT2D eigenvalue weighted by Gasteiger charge is -2.14. The molecule has 0 saturated carbocycles. The third-order valence-electron chi connectivity index (χ3n) is 2.96. The zero-order valence-electron chi connectivity index (χ0n) is 10.1. The molecule has 2 N–H and O–H groups in total. The van der Waals surface area contributed by atoms with Crippen LogP contribution in [0.2, 0.25) is 5.02 Å². The van der Waals surface area contributed by atoms with Gasteiger partial charge in [-0.2, -0.15) is 0 Å². The summed E-state index contributed by atoms with van der Waals surface area (Å²) in [4.78, 5) is 11.0. The highest BCUT2D eigenvalue weighted by atomic mass is 35.5. The Hall–Kier alpha value is -1.80. The van der Waals surface area contributed by atoms with Crippen molar-refractivity contribution in [2.75, 3.05) is 5.73 Å². The van der Waals surface area contributed by atoms with E-state index >= 15 is 0 Å². The van der Waals surface area contributed by atoms with E-state index in [1.54, 1.807) is 0 Å². The van der Waals surface area contributed by atoms with E-state index in [4.69, 9.17) is 17.3 Å². The molecule has 3 heteroatoms. The highest BCUT2D eigenvalue weighted by Crippen LogP contribution is 2.34. The lowest BCUT2D eigenvalue weighted by atomic mass is 9.91. The fourth-order valence-corrected chi connectivity index (χ4v) is 2.12. The largest absolute Gasteiger partial charge is 0.398 e. The van der Waals surface area contributed by atoms with Gasteiger partial charge < -0.3 is 10.5 Å². The Labute approximate surface area is 111 Å². The van der Waals surface area contributed by atoms with Gasteiger partial charge in [-0.1, -0.05) is 42.8 Å². The third kappa shape index (κ3) is 2.39. The number of hydrogen-bond acceptors (Lipinski definition) is 2. The monoisotopic (exact) mass is 259 g/mol. The van der Waals surface area contributed by atoms with E-state index in [1.807, 2.05) is 49.4 Å². The molecule has 92 valence electrons. The number of aldehydes is 1. The van der Waals surface area contributed by atoms with E-state index in [1.165, 1.54) is 0 Å². The van der Waals surface area contributed by atoms with Crippen molar-refractivity contribution in [1.29, 1.82) is 0 Å². The first-order valence-corrected chi connectivity index (χ1v) is 6.11. The maximum atomic E-state index is 11.0. The predicted molar refractivity (Wildman–Crippen MR) is 75.8 cm³/mol. The average molecular weight is 260 g/mol. The van der Waals surface area contributed by atoms with Crippen molar-refractivity contribution >= 4 is 23.6 Å². The van der Waals surface area contributed by atoms with E-state index in [0.29, 0.717) is 10.7 Å². The third-order valence-corrected chi connectivity index (χ3v) is 3.21. The van der Waals surface area contributed by atoms with Crippen LogP contribution in [0.1, 0.15) is 18.4 Å². The standard InChI is InChI=1S/C15H14ClNO/c1-10(9-18)13-3-2-4-14(17)15(13)11-5-7-12(16)8-6-11/h2-10H,17H2,1H3. The van der Waals surface area contributed by atoms with Gasteiger partial charge in [-0.25, -0.2) is 0 Å². The molecule has 1 atom stereocenters. The Morgan fingerprint density at radius 3 is 2.44 bits per heavy atom. The van der Waals surface area contributed by atoms with Gasteiger partial charge in [0.15, 0.2) is 0 Å². The number of carbonyl (C=O) groups excluding carboxylic acids is 1. The number of rotatable bonds is 3. The van der Waals surface area contributed by atoms with Crippen molar-refractivity contribution in [3.8, 4) is 11.1 Å². The number of halogens is 1. The molecule has 0 aromatic heterocycles. The summed E-state index contributed by atoms with van der Waals surface area (Å²) in [5.74, 6) is -0.181. The minimum atomic E-state index is -0.181. The number of benzene rings is 2. The summed E-state index contributed by atoms with van der Waals surface area (Å²) in [5, 5.41) is 0.679. The fourth-order valence-electron chi connectivity index (χ4n) is 1.99. The molecule has 2 rings (SSSR count). The molecule has 0 saturated heterocycles. The topological polar surface area (TPSA) is 43.1 Å². The molecule has 0 aliphatic heterocycles. The second-order valence-corrected chi connectivity index (χ2v) is 4.68. The normalized spacial score (nSPS) is 12.1. The smallest absolute Gasteiger partial charge is 0.127 e. The van der Waals surface area contributed by atoms with Gasteiger partial charge in [-0.3, -0.25) is 0 Å². The van der Waals surface area contributed by atoms with Crippen molar-refractivity contribution in [2.24, 2.45) is 0 Å². The first kappa shape index (κ1) is 12.7. The molecular formula is C15H14ClNO. The maximum absolute atomic E-state index is 11.0. The van der Waals surface area contributed by atoms with Gasteiger partial charge >= 0.3 is 0 Å². The molecule has 2 aromatic carbocycles. The molecule has 2 nitrogen and oxygen atoms in total. The molecule has 1 unspecified atom stereocenters. The average Bonchev–Trinajstić information content (AvgIpc) is 2.39. The van der Waals surface area contributed by atoms with Crippen LogP contribution in [0.15, 0.2) is 42.5 Å². The lowest BCUT2D eigenvalue weighted by molar-refractivity contribution is -0.108. The van der Waals surface area contributed by atoms with Crippen LogP contribution < -0.4 is 5.73 Å². The minimum Gasteiger partial charge on any atom is -0.398 e. The first-order chi connectivity index (χ1) is 8.63. The fraction of sp³-hybridized carbons (Fsp3) is 0.133. The van der Waals surface area contributed by atoms with Gasteiger partial charge in [0.2, 0.25) is 0 Å². The quantitative estimate of drug-likeness (QED) is 0.671. The van der Waals surface area contributed by atoms with Crippen molar-refractivity contribution < 1.29 is 4.79 Å². The summed E-state index contributed by atoms with van der Waals surface area (Å²) in [6.45, 7) is 1.86. The highest BCUT2D eigenvalue weighted by Gasteiger charge is 2.13. The van der Waals surface area contributed by atoms with Crippen LogP contribution in [0, 0.1) is 0 Å². The van der Waals surface area contributed by atoms with Gasteiger partial charge in [-0.05, 0) is 29.3 Å². The van der Waals surface area contributed by atoms with E-state index in [2.05, 4.69) is 0 Å². The number of nitrogen functional groups attached to an aromatic ring is 1. The Balaban J connectivity index is 2.61.